The molecule has 0 bridgehead atoms. The summed E-state index contributed by atoms with van der Waals surface area (Å²) >= 11 is 0. The number of nitrogens with one attached hydrogen (secondary N) is 2. The summed E-state index contributed by atoms with van der Waals surface area (Å²) in [5, 5.41) is 16.4. The number of rotatable bonds is 8. The molecule has 0 aliphatic carbocycles. The van der Waals surface area contributed by atoms with Gasteiger partial charge in [-0.15, -0.1) is 0 Å². The minimum absolute atomic E-state index is 0.0996. The van der Waals surface area contributed by atoms with E-state index in [1.54, 1.807) is 38.3 Å². The quantitative estimate of drug-likeness (QED) is 0.421. The van der Waals surface area contributed by atoms with E-state index in [1.165, 1.54) is 18.2 Å². The maximum absolute atomic E-state index is 12.4. The molecule has 0 radical (unpaired) electrons. The van der Waals surface area contributed by atoms with Crippen molar-refractivity contribution in [3.63, 3.8) is 0 Å². The fourth-order valence-electron chi connectivity index (χ4n) is 2.51. The molecule has 0 aliphatic heterocycles. The summed E-state index contributed by atoms with van der Waals surface area (Å²) in [6.45, 7) is 2.44. The van der Waals surface area contributed by atoms with Crippen molar-refractivity contribution in [3.05, 3.63) is 69.3 Å². The van der Waals surface area contributed by atoms with Crippen molar-refractivity contribution < 1.29 is 19.2 Å². The van der Waals surface area contributed by atoms with E-state index in [2.05, 4.69) is 10.6 Å². The average molecular weight is 371 g/mol. The zero-order valence-corrected chi connectivity index (χ0v) is 15.2. The number of nitrogens with zero attached hydrogens (tertiary/aromatic N) is 1. The van der Waals surface area contributed by atoms with Gasteiger partial charge in [-0.2, -0.15) is 0 Å². The molecule has 0 unspecified atom stereocenters. The van der Waals surface area contributed by atoms with Crippen molar-refractivity contribution >= 4 is 23.2 Å². The molecule has 2 rings (SSSR count). The third-order valence-corrected chi connectivity index (χ3v) is 3.95. The zero-order chi connectivity index (χ0) is 19.8. The lowest BCUT2D eigenvalue weighted by molar-refractivity contribution is -0.385. The molecule has 2 aromatic rings. The van der Waals surface area contributed by atoms with Gasteiger partial charge in [-0.25, -0.2) is 0 Å². The number of carbonyl (C=O) groups excluding carboxylic acids is 2. The molecular weight excluding hydrogens is 350 g/mol. The van der Waals surface area contributed by atoms with Gasteiger partial charge in [-0.05, 0) is 30.7 Å². The molecule has 2 N–H and O–H groups in total. The molecule has 2 aromatic carbocycles. The number of carbonyl (C=O) groups is 2. The van der Waals surface area contributed by atoms with Crippen molar-refractivity contribution in [2.24, 2.45) is 0 Å². The van der Waals surface area contributed by atoms with Gasteiger partial charge in [0.05, 0.1) is 18.0 Å². The number of nitro groups is 1. The predicted molar refractivity (Wildman–Crippen MR) is 101 cm³/mol. The van der Waals surface area contributed by atoms with Gasteiger partial charge in [0.15, 0.2) is 0 Å². The Kier molecular flexibility index (Phi) is 7.01. The maximum Gasteiger partial charge on any atom is 0.273 e. The van der Waals surface area contributed by atoms with Crippen molar-refractivity contribution in [2.45, 2.75) is 13.3 Å². The second kappa shape index (κ2) is 9.44. The summed E-state index contributed by atoms with van der Waals surface area (Å²) in [5.41, 5.74) is 1.79. The van der Waals surface area contributed by atoms with E-state index in [4.69, 9.17) is 4.74 Å². The Morgan fingerprint density at radius 2 is 1.85 bits per heavy atom. The van der Waals surface area contributed by atoms with Crippen LogP contribution in [0.3, 0.4) is 0 Å². The Morgan fingerprint density at radius 3 is 2.48 bits per heavy atom. The second-order valence-electron chi connectivity index (χ2n) is 5.88. The molecule has 0 aliphatic rings. The van der Waals surface area contributed by atoms with Gasteiger partial charge in [0, 0.05) is 36.5 Å². The standard InChI is InChI=1S/C19H21N3O5/c1-13-16(4-3-5-17(13)22(25)26)19(24)21-15-8-6-14(7-9-15)12-18(23)20-10-11-27-2/h3-9H,10-12H2,1-2H3,(H,20,23)(H,21,24). The van der Waals surface area contributed by atoms with Crippen molar-refractivity contribution in [1.29, 1.82) is 0 Å². The van der Waals surface area contributed by atoms with Crippen molar-refractivity contribution in [3.8, 4) is 0 Å². The highest BCUT2D eigenvalue weighted by Gasteiger charge is 2.18. The number of hydrogen-bond donors (Lipinski definition) is 2. The lowest BCUT2D eigenvalue weighted by Gasteiger charge is -2.09. The predicted octanol–water partition coefficient (Wildman–Crippen LogP) is 2.46. The number of anilines is 1. The van der Waals surface area contributed by atoms with E-state index >= 15 is 0 Å². The lowest BCUT2D eigenvalue weighted by Crippen LogP contribution is -2.28. The highest BCUT2D eigenvalue weighted by atomic mass is 16.6. The molecule has 0 saturated heterocycles. The van der Waals surface area contributed by atoms with Crippen LogP contribution in [0.4, 0.5) is 11.4 Å². The maximum atomic E-state index is 12.4. The van der Waals surface area contributed by atoms with E-state index in [1.807, 2.05) is 0 Å². The first-order valence-corrected chi connectivity index (χ1v) is 8.32. The highest BCUT2D eigenvalue weighted by Crippen LogP contribution is 2.22. The van der Waals surface area contributed by atoms with E-state index in [0.717, 1.165) is 5.56 Å². The Balaban J connectivity index is 2.00. The van der Waals surface area contributed by atoms with Crippen LogP contribution in [0.15, 0.2) is 42.5 Å². The van der Waals surface area contributed by atoms with Crippen LogP contribution in [0.25, 0.3) is 0 Å². The molecule has 0 atom stereocenters. The summed E-state index contributed by atoms with van der Waals surface area (Å²) in [6, 6.07) is 11.2. The van der Waals surface area contributed by atoms with E-state index in [-0.39, 0.29) is 23.6 Å². The highest BCUT2D eigenvalue weighted by molar-refractivity contribution is 6.05. The lowest BCUT2D eigenvalue weighted by atomic mass is 10.1. The molecule has 2 amide bonds. The minimum Gasteiger partial charge on any atom is -0.383 e. The molecule has 0 aromatic heterocycles. The Morgan fingerprint density at radius 1 is 1.15 bits per heavy atom. The van der Waals surface area contributed by atoms with Crippen LogP contribution in [0.2, 0.25) is 0 Å². The monoisotopic (exact) mass is 371 g/mol. The van der Waals surface area contributed by atoms with E-state index in [9.17, 15) is 19.7 Å². The first kappa shape index (κ1) is 20.1. The molecule has 0 fully saturated rings. The minimum atomic E-state index is -0.515. The molecule has 0 spiro atoms. The van der Waals surface area contributed by atoms with Gasteiger partial charge in [0.25, 0.3) is 11.6 Å². The summed E-state index contributed by atoms with van der Waals surface area (Å²) < 4.78 is 4.87. The number of methoxy groups -OCH3 is 1. The van der Waals surface area contributed by atoms with Crippen LogP contribution in [-0.2, 0) is 16.0 Å². The summed E-state index contributed by atoms with van der Waals surface area (Å²) in [5.74, 6) is -0.544. The largest absolute Gasteiger partial charge is 0.383 e. The van der Waals surface area contributed by atoms with Gasteiger partial charge in [0.2, 0.25) is 5.91 Å². The van der Waals surface area contributed by atoms with Gasteiger partial charge >= 0.3 is 0 Å². The Hall–Kier alpha value is -3.26. The zero-order valence-electron chi connectivity index (χ0n) is 15.2. The normalized spacial score (nSPS) is 10.3. The Bertz CT molecular complexity index is 834. The van der Waals surface area contributed by atoms with Crippen LogP contribution in [-0.4, -0.2) is 37.0 Å². The fraction of sp³-hybridized carbons (Fsp3) is 0.263. The first-order valence-electron chi connectivity index (χ1n) is 8.32. The smallest absolute Gasteiger partial charge is 0.273 e. The third-order valence-electron chi connectivity index (χ3n) is 3.95. The van der Waals surface area contributed by atoms with Crippen LogP contribution >= 0.6 is 0 Å². The molecule has 27 heavy (non-hydrogen) atoms. The number of amides is 2. The van der Waals surface area contributed by atoms with Gasteiger partial charge in [0.1, 0.15) is 0 Å². The molecule has 8 heteroatoms. The number of ether oxygens (including phenoxy) is 1. The molecule has 142 valence electrons. The van der Waals surface area contributed by atoms with Crippen LogP contribution in [0.1, 0.15) is 21.5 Å². The molecule has 8 nitrogen and oxygen atoms in total. The molecule has 0 heterocycles. The summed E-state index contributed by atoms with van der Waals surface area (Å²) in [6.07, 6.45) is 0.224. The van der Waals surface area contributed by atoms with Gasteiger partial charge in [-0.1, -0.05) is 18.2 Å². The second-order valence-corrected chi connectivity index (χ2v) is 5.88. The van der Waals surface area contributed by atoms with Gasteiger partial charge in [-0.3, -0.25) is 19.7 Å². The number of hydrogen-bond acceptors (Lipinski definition) is 5. The molecular formula is C19H21N3O5. The SMILES string of the molecule is COCCNC(=O)Cc1ccc(NC(=O)c2cccc([N+](=O)[O-])c2C)cc1. The number of nitro benzene ring substituents is 1. The van der Waals surface area contributed by atoms with E-state index in [0.29, 0.717) is 24.4 Å². The first-order chi connectivity index (χ1) is 12.9. The van der Waals surface area contributed by atoms with Crippen molar-refractivity contribution in [1.82, 2.24) is 5.32 Å². The summed E-state index contributed by atoms with van der Waals surface area (Å²) in [4.78, 5) is 34.7. The fourth-order valence-corrected chi connectivity index (χ4v) is 2.51. The van der Waals surface area contributed by atoms with Crippen molar-refractivity contribution in [2.75, 3.05) is 25.6 Å². The van der Waals surface area contributed by atoms with E-state index < -0.39 is 10.8 Å². The Labute approximate surface area is 156 Å². The molecule has 0 saturated carbocycles. The average Bonchev–Trinajstić information content (AvgIpc) is 2.63. The van der Waals surface area contributed by atoms with Crippen LogP contribution < -0.4 is 10.6 Å². The van der Waals surface area contributed by atoms with Crippen LogP contribution in [0.5, 0.6) is 0 Å². The van der Waals surface area contributed by atoms with Crippen LogP contribution in [0, 0.1) is 17.0 Å². The summed E-state index contributed by atoms with van der Waals surface area (Å²) in [7, 11) is 1.56. The third kappa shape index (κ3) is 5.61. The number of benzene rings is 2. The topological polar surface area (TPSA) is 111 Å². The van der Waals surface area contributed by atoms with Gasteiger partial charge < -0.3 is 15.4 Å².